The van der Waals surface area contributed by atoms with Crippen LogP contribution in [0, 0.1) is 0 Å². The molecule has 0 saturated carbocycles. The average molecular weight is 409 g/mol. The number of carbonyl (C=O) groups excluding carboxylic acids is 3. The van der Waals surface area contributed by atoms with Gasteiger partial charge in [0, 0.05) is 18.3 Å². The Balaban J connectivity index is 2.01. The molecule has 3 amide bonds. The predicted octanol–water partition coefficient (Wildman–Crippen LogP) is 2.83. The highest BCUT2D eigenvalue weighted by Crippen LogP contribution is 2.14. The summed E-state index contributed by atoms with van der Waals surface area (Å²) in [5.74, 6) is -0.531. The number of benzene rings is 2. The van der Waals surface area contributed by atoms with E-state index in [1.165, 1.54) is 6.08 Å². The summed E-state index contributed by atoms with van der Waals surface area (Å²) in [5.41, 5.74) is 6.52. The first-order valence-corrected chi connectivity index (χ1v) is 9.76. The van der Waals surface area contributed by atoms with Crippen LogP contribution in [0.4, 0.5) is 5.69 Å². The molecule has 30 heavy (non-hydrogen) atoms. The van der Waals surface area contributed by atoms with Gasteiger partial charge in [0.1, 0.15) is 11.8 Å². The molecule has 2 aromatic carbocycles. The summed E-state index contributed by atoms with van der Waals surface area (Å²) in [6, 6.07) is 15.4. The Bertz CT molecular complexity index is 879. The number of primary amides is 1. The van der Waals surface area contributed by atoms with E-state index in [0.29, 0.717) is 18.0 Å². The third-order valence-corrected chi connectivity index (χ3v) is 4.32. The first kappa shape index (κ1) is 22.7. The molecule has 0 fully saturated rings. The van der Waals surface area contributed by atoms with Crippen molar-refractivity contribution in [2.24, 2.45) is 5.73 Å². The van der Waals surface area contributed by atoms with E-state index in [0.717, 1.165) is 12.0 Å². The van der Waals surface area contributed by atoms with Gasteiger partial charge in [-0.25, -0.2) is 0 Å². The van der Waals surface area contributed by atoms with Gasteiger partial charge in [-0.1, -0.05) is 37.3 Å². The van der Waals surface area contributed by atoms with Gasteiger partial charge in [0.15, 0.2) is 6.61 Å². The molecule has 0 spiro atoms. The molecule has 3 N–H and O–H groups in total. The van der Waals surface area contributed by atoms with Crippen LogP contribution in [0.3, 0.4) is 0 Å². The lowest BCUT2D eigenvalue weighted by atomic mass is 10.2. The first-order chi connectivity index (χ1) is 14.4. The second kappa shape index (κ2) is 11.4. The Morgan fingerprint density at radius 1 is 1.10 bits per heavy atom. The van der Waals surface area contributed by atoms with Crippen LogP contribution >= 0.6 is 0 Å². The summed E-state index contributed by atoms with van der Waals surface area (Å²) in [7, 11) is 0. The molecule has 0 heterocycles. The molecule has 0 radical (unpaired) electrons. The summed E-state index contributed by atoms with van der Waals surface area (Å²) >= 11 is 0. The quantitative estimate of drug-likeness (QED) is 0.589. The van der Waals surface area contributed by atoms with Crippen LogP contribution in [-0.2, 0) is 14.4 Å². The van der Waals surface area contributed by atoms with Gasteiger partial charge in [0.05, 0.1) is 0 Å². The van der Waals surface area contributed by atoms with Gasteiger partial charge in [0.25, 0.3) is 5.91 Å². The first-order valence-electron chi connectivity index (χ1n) is 9.76. The molecule has 7 nitrogen and oxygen atoms in total. The van der Waals surface area contributed by atoms with E-state index in [1.807, 2.05) is 25.1 Å². The molecule has 0 aliphatic rings. The molecule has 1 atom stereocenters. The molecule has 0 aromatic heterocycles. The van der Waals surface area contributed by atoms with Gasteiger partial charge in [-0.15, -0.1) is 0 Å². The van der Waals surface area contributed by atoms with Gasteiger partial charge in [-0.3, -0.25) is 14.4 Å². The van der Waals surface area contributed by atoms with Crippen molar-refractivity contribution in [2.45, 2.75) is 26.3 Å². The Morgan fingerprint density at radius 2 is 1.77 bits per heavy atom. The lowest BCUT2D eigenvalue weighted by Gasteiger charge is -2.27. The van der Waals surface area contributed by atoms with E-state index >= 15 is 0 Å². The summed E-state index contributed by atoms with van der Waals surface area (Å²) in [6.45, 7) is 3.94. The zero-order chi connectivity index (χ0) is 21.9. The van der Waals surface area contributed by atoms with Gasteiger partial charge in [-0.2, -0.15) is 0 Å². The minimum atomic E-state index is -0.619. The highest BCUT2D eigenvalue weighted by atomic mass is 16.5. The number of nitrogens with two attached hydrogens (primary N) is 1. The molecule has 0 aliphatic carbocycles. The number of amides is 3. The van der Waals surface area contributed by atoms with Crippen molar-refractivity contribution in [3.05, 3.63) is 66.2 Å². The number of anilines is 1. The normalized spacial score (nSPS) is 11.7. The van der Waals surface area contributed by atoms with E-state index in [4.69, 9.17) is 10.5 Å². The number of hydrogen-bond acceptors (Lipinski definition) is 4. The van der Waals surface area contributed by atoms with Gasteiger partial charge < -0.3 is 20.7 Å². The van der Waals surface area contributed by atoms with Crippen molar-refractivity contribution in [1.29, 1.82) is 0 Å². The maximum absolute atomic E-state index is 12.7. The van der Waals surface area contributed by atoms with Crippen molar-refractivity contribution < 1.29 is 19.1 Å². The maximum atomic E-state index is 12.7. The summed E-state index contributed by atoms with van der Waals surface area (Å²) in [6.07, 6.45) is 3.85. The molecule has 0 saturated heterocycles. The van der Waals surface area contributed by atoms with Gasteiger partial charge in [-0.05, 0) is 49.2 Å². The summed E-state index contributed by atoms with van der Waals surface area (Å²) in [4.78, 5) is 37.6. The molecule has 7 heteroatoms. The Labute approximate surface area is 176 Å². The molecule has 0 bridgehead atoms. The van der Waals surface area contributed by atoms with Crippen LogP contribution in [0.2, 0.25) is 0 Å². The number of rotatable bonds is 10. The monoisotopic (exact) mass is 409 g/mol. The number of nitrogens with zero attached hydrogens (tertiary/aromatic N) is 1. The van der Waals surface area contributed by atoms with E-state index in [-0.39, 0.29) is 18.4 Å². The highest BCUT2D eigenvalue weighted by molar-refractivity contribution is 5.99. The van der Waals surface area contributed by atoms with Crippen molar-refractivity contribution in [3.63, 3.8) is 0 Å². The minimum absolute atomic E-state index is 0.192. The number of carbonyl (C=O) groups is 3. The Hall–Kier alpha value is -3.61. The minimum Gasteiger partial charge on any atom is -0.484 e. The fourth-order valence-corrected chi connectivity index (χ4v) is 2.74. The van der Waals surface area contributed by atoms with E-state index < -0.39 is 11.9 Å². The number of para-hydroxylation sites is 1. The fraction of sp³-hybridized carbons (Fsp3) is 0.261. The summed E-state index contributed by atoms with van der Waals surface area (Å²) in [5, 5.41) is 2.83. The lowest BCUT2D eigenvalue weighted by molar-refractivity contribution is -0.134. The average Bonchev–Trinajstić information content (AvgIpc) is 2.75. The number of nitrogens with one attached hydrogen (secondary N) is 1. The van der Waals surface area contributed by atoms with Gasteiger partial charge in [0.2, 0.25) is 11.8 Å². The zero-order valence-electron chi connectivity index (χ0n) is 17.2. The van der Waals surface area contributed by atoms with E-state index in [9.17, 15) is 14.4 Å². The van der Waals surface area contributed by atoms with Crippen molar-refractivity contribution in [1.82, 2.24) is 4.90 Å². The maximum Gasteiger partial charge on any atom is 0.255 e. The van der Waals surface area contributed by atoms with E-state index in [2.05, 4.69) is 5.32 Å². The topological polar surface area (TPSA) is 102 Å². The Kier molecular flexibility index (Phi) is 8.62. The van der Waals surface area contributed by atoms with Crippen LogP contribution in [0.5, 0.6) is 5.75 Å². The van der Waals surface area contributed by atoms with Crippen LogP contribution in [0.15, 0.2) is 60.7 Å². The number of hydrogen-bond donors (Lipinski definition) is 2. The standard InChI is InChI=1S/C23H27N3O4/c1-3-15-26(17(2)23(29)25-19-7-5-4-6-8-19)22(28)14-11-18-9-12-20(13-10-18)30-16-21(24)27/h4-14,17H,3,15-16H2,1-2H3,(H2,24,27)(H,25,29)/b14-11+. The third-order valence-electron chi connectivity index (χ3n) is 4.32. The van der Waals surface area contributed by atoms with Crippen LogP contribution < -0.4 is 15.8 Å². The third kappa shape index (κ3) is 7.09. The Morgan fingerprint density at radius 3 is 2.37 bits per heavy atom. The molecule has 158 valence electrons. The van der Waals surface area contributed by atoms with Crippen LogP contribution in [0.25, 0.3) is 6.08 Å². The predicted molar refractivity (Wildman–Crippen MR) is 117 cm³/mol. The smallest absolute Gasteiger partial charge is 0.255 e. The fourth-order valence-electron chi connectivity index (χ4n) is 2.74. The molecule has 1 unspecified atom stereocenters. The SMILES string of the molecule is CCCN(C(=O)/C=C/c1ccc(OCC(N)=O)cc1)C(C)C(=O)Nc1ccccc1. The van der Waals surface area contributed by atoms with Crippen molar-refractivity contribution in [2.75, 3.05) is 18.5 Å². The molecule has 0 aliphatic heterocycles. The summed E-state index contributed by atoms with van der Waals surface area (Å²) < 4.78 is 5.21. The van der Waals surface area contributed by atoms with Crippen LogP contribution in [0.1, 0.15) is 25.8 Å². The molecule has 2 aromatic rings. The lowest BCUT2D eigenvalue weighted by Crippen LogP contribution is -2.45. The van der Waals surface area contributed by atoms with Crippen molar-refractivity contribution in [3.8, 4) is 5.75 Å². The molecular weight excluding hydrogens is 382 g/mol. The zero-order valence-corrected chi connectivity index (χ0v) is 17.2. The number of ether oxygens (including phenoxy) is 1. The van der Waals surface area contributed by atoms with Crippen molar-refractivity contribution >= 4 is 29.5 Å². The van der Waals surface area contributed by atoms with E-state index in [1.54, 1.807) is 54.3 Å². The second-order valence-electron chi connectivity index (χ2n) is 6.72. The van der Waals surface area contributed by atoms with Gasteiger partial charge >= 0.3 is 0 Å². The molecular formula is C23H27N3O4. The highest BCUT2D eigenvalue weighted by Gasteiger charge is 2.23. The van der Waals surface area contributed by atoms with Crippen LogP contribution in [-0.4, -0.2) is 41.8 Å². The molecule has 2 rings (SSSR count). The second-order valence-corrected chi connectivity index (χ2v) is 6.72. The largest absolute Gasteiger partial charge is 0.484 e.